The van der Waals surface area contributed by atoms with Crippen LogP contribution in [0.5, 0.6) is 0 Å². The smallest absolute Gasteiger partial charge is 0.336 e. The van der Waals surface area contributed by atoms with Gasteiger partial charge in [-0.2, -0.15) is 0 Å². The largest absolute Gasteiger partial charge is 0.468 e. The van der Waals surface area contributed by atoms with Gasteiger partial charge in [0.25, 0.3) is 0 Å². The second-order valence-electron chi connectivity index (χ2n) is 7.72. The van der Waals surface area contributed by atoms with Crippen LogP contribution >= 0.6 is 15.9 Å². The van der Waals surface area contributed by atoms with Gasteiger partial charge in [0.1, 0.15) is 12.5 Å². The molecule has 3 rings (SSSR count). The number of nitrogens with one attached hydrogen (secondary N) is 1. The molecule has 8 heteroatoms. The molecular formula is C23H26BrNO6. The zero-order valence-corrected chi connectivity index (χ0v) is 19.6. The van der Waals surface area contributed by atoms with Crippen molar-refractivity contribution < 1.29 is 28.6 Å². The van der Waals surface area contributed by atoms with Gasteiger partial charge in [-0.1, -0.05) is 35.0 Å². The highest BCUT2D eigenvalue weighted by atomic mass is 79.9. The second-order valence-corrected chi connectivity index (χ2v) is 8.63. The number of ketones is 1. The Morgan fingerprint density at radius 2 is 1.97 bits per heavy atom. The Labute approximate surface area is 189 Å². The van der Waals surface area contributed by atoms with Crippen LogP contribution in [0.25, 0.3) is 0 Å². The van der Waals surface area contributed by atoms with Crippen LogP contribution < -0.4 is 5.32 Å². The lowest BCUT2D eigenvalue weighted by molar-refractivity contribution is -0.151. The van der Waals surface area contributed by atoms with E-state index < -0.39 is 23.8 Å². The first-order valence-electron chi connectivity index (χ1n) is 10.0. The number of methoxy groups -OCH3 is 2. The summed E-state index contributed by atoms with van der Waals surface area (Å²) < 4.78 is 16.1. The van der Waals surface area contributed by atoms with Crippen LogP contribution in [-0.4, -0.2) is 45.2 Å². The van der Waals surface area contributed by atoms with Crippen molar-refractivity contribution in [3.05, 3.63) is 56.8 Å². The maximum atomic E-state index is 13.6. The highest BCUT2D eigenvalue weighted by Crippen LogP contribution is 2.45. The summed E-state index contributed by atoms with van der Waals surface area (Å²) in [6.07, 6.45) is 0.495. The van der Waals surface area contributed by atoms with Gasteiger partial charge in [0.15, 0.2) is 5.78 Å². The van der Waals surface area contributed by atoms with E-state index in [0.29, 0.717) is 23.3 Å². The molecule has 0 spiro atoms. The van der Waals surface area contributed by atoms with Crippen LogP contribution in [0.2, 0.25) is 0 Å². The average molecular weight is 492 g/mol. The van der Waals surface area contributed by atoms with E-state index in [9.17, 15) is 14.4 Å². The molecule has 0 amide bonds. The number of hydrogen-bond donors (Lipinski definition) is 1. The number of carbonyl (C=O) groups excluding carboxylic acids is 3. The van der Waals surface area contributed by atoms with Crippen LogP contribution in [0.15, 0.2) is 51.3 Å². The van der Waals surface area contributed by atoms with Crippen molar-refractivity contribution in [2.45, 2.75) is 26.2 Å². The van der Waals surface area contributed by atoms with Gasteiger partial charge in [0.05, 0.1) is 19.3 Å². The van der Waals surface area contributed by atoms with Gasteiger partial charge in [-0.05, 0) is 37.0 Å². The summed E-state index contributed by atoms with van der Waals surface area (Å²) in [7, 11) is 2.80. The molecule has 3 atom stereocenters. The topological polar surface area (TPSA) is 90.9 Å². The van der Waals surface area contributed by atoms with Gasteiger partial charge < -0.3 is 19.5 Å². The third-order valence-corrected chi connectivity index (χ3v) is 6.16. The van der Waals surface area contributed by atoms with Crippen LogP contribution in [0.4, 0.5) is 0 Å². The number of allylic oxidation sites excluding steroid dienone is 3. The minimum atomic E-state index is -0.913. The molecule has 1 heterocycles. The summed E-state index contributed by atoms with van der Waals surface area (Å²) in [5, 5.41) is 3.23. The van der Waals surface area contributed by atoms with E-state index >= 15 is 0 Å². The van der Waals surface area contributed by atoms with E-state index in [1.807, 2.05) is 31.2 Å². The Hall–Kier alpha value is -2.45. The van der Waals surface area contributed by atoms with Crippen molar-refractivity contribution >= 4 is 33.7 Å². The molecule has 0 unspecified atom stereocenters. The molecule has 0 fully saturated rings. The average Bonchev–Trinajstić information content (AvgIpc) is 2.72. The molecule has 0 bridgehead atoms. The molecule has 166 valence electrons. The Kier molecular flexibility index (Phi) is 7.33. The van der Waals surface area contributed by atoms with Gasteiger partial charge in [-0.15, -0.1) is 0 Å². The van der Waals surface area contributed by atoms with E-state index in [0.717, 1.165) is 15.7 Å². The molecule has 0 saturated heterocycles. The van der Waals surface area contributed by atoms with Crippen molar-refractivity contribution in [2.24, 2.45) is 11.8 Å². The first-order chi connectivity index (χ1) is 14.8. The molecule has 1 aromatic rings. The zero-order chi connectivity index (χ0) is 22.7. The first kappa shape index (κ1) is 23.2. The number of halogens is 1. The predicted octanol–water partition coefficient (Wildman–Crippen LogP) is 3.25. The highest BCUT2D eigenvalue weighted by Gasteiger charge is 2.47. The fraction of sp³-hybridized carbons (Fsp3) is 0.435. The summed E-state index contributed by atoms with van der Waals surface area (Å²) in [5.74, 6) is -3.21. The third kappa shape index (κ3) is 4.60. The van der Waals surface area contributed by atoms with E-state index in [4.69, 9.17) is 14.2 Å². The van der Waals surface area contributed by atoms with E-state index in [-0.39, 0.29) is 24.9 Å². The Balaban J connectivity index is 2.12. The molecule has 0 saturated carbocycles. The fourth-order valence-electron chi connectivity index (χ4n) is 4.27. The van der Waals surface area contributed by atoms with Crippen molar-refractivity contribution in [2.75, 3.05) is 27.4 Å². The van der Waals surface area contributed by atoms with Crippen LogP contribution in [-0.2, 0) is 28.6 Å². The second kappa shape index (κ2) is 9.78. The zero-order valence-electron chi connectivity index (χ0n) is 18.0. The predicted molar refractivity (Wildman–Crippen MR) is 117 cm³/mol. The molecule has 1 aliphatic carbocycles. The van der Waals surface area contributed by atoms with Crippen LogP contribution in [0.3, 0.4) is 0 Å². The molecule has 31 heavy (non-hydrogen) atoms. The van der Waals surface area contributed by atoms with Gasteiger partial charge in [-0.25, -0.2) is 4.79 Å². The molecule has 0 radical (unpaired) electrons. The molecule has 1 N–H and O–H groups in total. The van der Waals surface area contributed by atoms with Gasteiger partial charge in [0, 0.05) is 34.5 Å². The molecule has 1 aromatic carbocycles. The number of esters is 2. The summed E-state index contributed by atoms with van der Waals surface area (Å²) in [4.78, 5) is 39.0. The van der Waals surface area contributed by atoms with Gasteiger partial charge in [-0.3, -0.25) is 9.59 Å². The highest BCUT2D eigenvalue weighted by molar-refractivity contribution is 9.10. The number of hydrogen-bond acceptors (Lipinski definition) is 7. The molecule has 2 aliphatic rings. The van der Waals surface area contributed by atoms with E-state index in [1.165, 1.54) is 14.2 Å². The molecule has 7 nitrogen and oxygen atoms in total. The quantitative estimate of drug-likeness (QED) is 0.371. The van der Waals surface area contributed by atoms with Crippen molar-refractivity contribution in [1.29, 1.82) is 0 Å². The number of Topliss-reactive ketones (excluding diaryl/α,β-unsaturated/α-hetero) is 1. The van der Waals surface area contributed by atoms with E-state index in [1.54, 1.807) is 6.92 Å². The molecule has 0 aromatic heterocycles. The molecular weight excluding hydrogens is 466 g/mol. The van der Waals surface area contributed by atoms with Crippen molar-refractivity contribution in [1.82, 2.24) is 5.32 Å². The number of rotatable bonds is 6. The van der Waals surface area contributed by atoms with Crippen LogP contribution in [0.1, 0.15) is 31.7 Å². The normalized spacial score (nSPS) is 23.3. The maximum absolute atomic E-state index is 13.6. The SMILES string of the molecule is COCCOC(=O)C1=C(C)NC2=C(C(=O)[C@@H](C(=O)OC)[C@H](C)C2)[C@@H]1c1cccc(Br)c1. The number of ether oxygens (including phenoxy) is 3. The minimum absolute atomic E-state index is 0.0962. The van der Waals surface area contributed by atoms with Gasteiger partial charge in [0.2, 0.25) is 0 Å². The standard InChI is InChI=1S/C23H26BrNO6/c1-12-10-16-20(21(26)17(12)22(27)30-4)19(14-6-5-7-15(24)11-14)18(13(2)25-16)23(28)31-9-8-29-3/h5-7,11-12,17,19,25H,8-10H2,1-4H3/t12-,17+,19-/m1/s1. The Morgan fingerprint density at radius 1 is 1.23 bits per heavy atom. The summed E-state index contributed by atoms with van der Waals surface area (Å²) in [6, 6.07) is 7.45. The summed E-state index contributed by atoms with van der Waals surface area (Å²) >= 11 is 3.47. The van der Waals surface area contributed by atoms with Crippen molar-refractivity contribution in [3.63, 3.8) is 0 Å². The maximum Gasteiger partial charge on any atom is 0.336 e. The van der Waals surface area contributed by atoms with Crippen LogP contribution in [0, 0.1) is 11.8 Å². The Morgan fingerprint density at radius 3 is 2.61 bits per heavy atom. The lowest BCUT2D eigenvalue weighted by atomic mass is 9.69. The number of benzene rings is 1. The monoisotopic (exact) mass is 491 g/mol. The van der Waals surface area contributed by atoms with Gasteiger partial charge >= 0.3 is 11.9 Å². The third-order valence-electron chi connectivity index (χ3n) is 5.67. The number of dihydropyridines is 1. The molecule has 1 aliphatic heterocycles. The first-order valence-corrected chi connectivity index (χ1v) is 10.8. The summed E-state index contributed by atoms with van der Waals surface area (Å²) in [5.41, 5.74) is 2.87. The van der Waals surface area contributed by atoms with Crippen molar-refractivity contribution in [3.8, 4) is 0 Å². The summed E-state index contributed by atoms with van der Waals surface area (Å²) in [6.45, 7) is 4.01. The minimum Gasteiger partial charge on any atom is -0.468 e. The van der Waals surface area contributed by atoms with E-state index in [2.05, 4.69) is 21.2 Å². The Bertz CT molecular complexity index is 967. The fourth-order valence-corrected chi connectivity index (χ4v) is 4.68. The number of carbonyl (C=O) groups is 3. The lowest BCUT2D eigenvalue weighted by Crippen LogP contribution is -2.43. The lowest BCUT2D eigenvalue weighted by Gasteiger charge is -2.38.